The van der Waals surface area contributed by atoms with Gasteiger partial charge in [-0.15, -0.1) is 11.6 Å². The minimum atomic E-state index is -2.47. The first-order valence-corrected chi connectivity index (χ1v) is 4.81. The quantitative estimate of drug-likeness (QED) is 0.527. The Hall–Kier alpha value is -0.420. The molecule has 0 aliphatic carbocycles. The van der Waals surface area contributed by atoms with Gasteiger partial charge in [-0.3, -0.25) is 4.79 Å². The van der Waals surface area contributed by atoms with Crippen molar-refractivity contribution in [3.05, 3.63) is 0 Å². The molecule has 1 atom stereocenters. The van der Waals surface area contributed by atoms with E-state index in [-0.39, 0.29) is 30.9 Å². The molecule has 0 bridgehead atoms. The van der Waals surface area contributed by atoms with Crippen LogP contribution >= 0.6 is 11.6 Å². The number of ether oxygens (including phenoxy) is 1. The van der Waals surface area contributed by atoms with Gasteiger partial charge in [-0.05, 0) is 0 Å². The molecule has 0 spiro atoms. The van der Waals surface area contributed by atoms with Gasteiger partial charge in [0, 0.05) is 18.3 Å². The van der Waals surface area contributed by atoms with Crippen molar-refractivity contribution in [2.24, 2.45) is 5.92 Å². The molecule has 3 nitrogen and oxygen atoms in total. The lowest BCUT2D eigenvalue weighted by Crippen LogP contribution is -2.32. The summed E-state index contributed by atoms with van der Waals surface area (Å²) in [5.41, 5.74) is 0. The van der Waals surface area contributed by atoms with Crippen LogP contribution < -0.4 is 5.32 Å². The summed E-state index contributed by atoms with van der Waals surface area (Å²) in [6, 6.07) is 0. The van der Waals surface area contributed by atoms with Gasteiger partial charge < -0.3 is 10.1 Å². The molecule has 6 heteroatoms. The molecule has 0 aliphatic rings. The maximum absolute atomic E-state index is 11.6. The normalized spacial score (nSPS) is 12.9. The Balaban J connectivity index is 3.32. The zero-order chi connectivity index (χ0) is 11.0. The number of carbonyl (C=O) groups is 1. The van der Waals surface area contributed by atoms with Crippen molar-refractivity contribution in [1.82, 2.24) is 5.32 Å². The van der Waals surface area contributed by atoms with Gasteiger partial charge in [0.25, 0.3) is 6.43 Å². The molecule has 0 rings (SSSR count). The van der Waals surface area contributed by atoms with E-state index in [1.807, 2.05) is 0 Å². The van der Waals surface area contributed by atoms with Crippen LogP contribution in [-0.2, 0) is 9.53 Å². The number of alkyl halides is 3. The van der Waals surface area contributed by atoms with Crippen LogP contribution in [0.3, 0.4) is 0 Å². The van der Waals surface area contributed by atoms with Crippen molar-refractivity contribution in [1.29, 1.82) is 0 Å². The first-order chi connectivity index (χ1) is 6.57. The molecule has 0 radical (unpaired) electrons. The average Bonchev–Trinajstić information content (AvgIpc) is 2.15. The van der Waals surface area contributed by atoms with E-state index in [1.165, 1.54) is 0 Å². The van der Waals surface area contributed by atoms with Crippen molar-refractivity contribution in [3.8, 4) is 0 Å². The van der Waals surface area contributed by atoms with Crippen LogP contribution in [0, 0.1) is 5.92 Å². The molecule has 1 N–H and O–H groups in total. The van der Waals surface area contributed by atoms with E-state index in [0.29, 0.717) is 0 Å². The van der Waals surface area contributed by atoms with Crippen molar-refractivity contribution in [2.75, 3.05) is 25.6 Å². The predicted molar refractivity (Wildman–Crippen MR) is 49.7 cm³/mol. The SMILES string of the molecule is CC(CCl)C(=O)NCCOCC(F)F. The third kappa shape index (κ3) is 7.03. The van der Waals surface area contributed by atoms with Crippen LogP contribution in [0.5, 0.6) is 0 Å². The van der Waals surface area contributed by atoms with Gasteiger partial charge in [0.15, 0.2) is 0 Å². The number of nitrogens with one attached hydrogen (secondary N) is 1. The number of halogens is 3. The zero-order valence-electron chi connectivity index (χ0n) is 7.93. The number of amides is 1. The number of carbonyl (C=O) groups excluding carboxylic acids is 1. The molecule has 0 aliphatic heterocycles. The highest BCUT2D eigenvalue weighted by atomic mass is 35.5. The van der Waals surface area contributed by atoms with Crippen molar-refractivity contribution < 1.29 is 18.3 Å². The molecule has 84 valence electrons. The van der Waals surface area contributed by atoms with E-state index in [4.69, 9.17) is 11.6 Å². The highest BCUT2D eigenvalue weighted by molar-refractivity contribution is 6.19. The maximum Gasteiger partial charge on any atom is 0.261 e. The van der Waals surface area contributed by atoms with Gasteiger partial charge in [0.05, 0.1) is 6.61 Å². The minimum Gasteiger partial charge on any atom is -0.374 e. The van der Waals surface area contributed by atoms with E-state index in [2.05, 4.69) is 10.1 Å². The van der Waals surface area contributed by atoms with E-state index in [9.17, 15) is 13.6 Å². The topological polar surface area (TPSA) is 38.3 Å². The van der Waals surface area contributed by atoms with Crippen LogP contribution in [0.1, 0.15) is 6.92 Å². The molecule has 14 heavy (non-hydrogen) atoms. The van der Waals surface area contributed by atoms with Crippen molar-refractivity contribution in [2.45, 2.75) is 13.3 Å². The maximum atomic E-state index is 11.6. The molecule has 1 amide bonds. The monoisotopic (exact) mass is 229 g/mol. The van der Waals surface area contributed by atoms with Gasteiger partial charge in [-0.2, -0.15) is 0 Å². The summed E-state index contributed by atoms with van der Waals surface area (Å²) >= 11 is 5.44. The van der Waals surface area contributed by atoms with Gasteiger partial charge >= 0.3 is 0 Å². The summed E-state index contributed by atoms with van der Waals surface area (Å²) < 4.78 is 27.7. The Morgan fingerprint density at radius 2 is 2.21 bits per heavy atom. The second-order valence-electron chi connectivity index (χ2n) is 2.81. The molecular weight excluding hydrogens is 216 g/mol. The van der Waals surface area contributed by atoms with Crippen molar-refractivity contribution >= 4 is 17.5 Å². The summed E-state index contributed by atoms with van der Waals surface area (Å²) in [5, 5.41) is 2.51. The van der Waals surface area contributed by atoms with Gasteiger partial charge in [0.1, 0.15) is 6.61 Å². The van der Waals surface area contributed by atoms with Crippen LogP contribution in [0.25, 0.3) is 0 Å². The standard InChI is InChI=1S/C8H14ClF2NO2/c1-6(4-9)8(13)12-2-3-14-5-7(10)11/h6-7H,2-5H2,1H3,(H,12,13). The predicted octanol–water partition coefficient (Wildman–Crippen LogP) is 1.26. The van der Waals surface area contributed by atoms with E-state index < -0.39 is 13.0 Å². The third-order valence-corrected chi connectivity index (χ3v) is 1.93. The molecule has 0 aromatic heterocycles. The molecule has 1 unspecified atom stereocenters. The van der Waals surface area contributed by atoms with E-state index in [0.717, 1.165) is 0 Å². The smallest absolute Gasteiger partial charge is 0.261 e. The van der Waals surface area contributed by atoms with Gasteiger partial charge in [0.2, 0.25) is 5.91 Å². The molecular formula is C8H14ClF2NO2. The fraction of sp³-hybridized carbons (Fsp3) is 0.875. The fourth-order valence-corrected chi connectivity index (χ4v) is 0.803. The molecule has 0 fully saturated rings. The number of hydrogen-bond donors (Lipinski definition) is 1. The lowest BCUT2D eigenvalue weighted by molar-refractivity contribution is -0.124. The fourth-order valence-electron chi connectivity index (χ4n) is 0.663. The summed E-state index contributed by atoms with van der Waals surface area (Å²) in [5.74, 6) is -0.226. The number of rotatable bonds is 7. The largest absolute Gasteiger partial charge is 0.374 e. The van der Waals surface area contributed by atoms with E-state index >= 15 is 0 Å². The molecule has 0 heterocycles. The summed E-state index contributed by atoms with van der Waals surface area (Å²) in [6.07, 6.45) is -2.47. The summed E-state index contributed by atoms with van der Waals surface area (Å²) in [6.45, 7) is 1.40. The van der Waals surface area contributed by atoms with Crippen LogP contribution in [0.15, 0.2) is 0 Å². The summed E-state index contributed by atoms with van der Waals surface area (Å²) in [4.78, 5) is 11.1. The highest BCUT2D eigenvalue weighted by Crippen LogP contribution is 1.97. The van der Waals surface area contributed by atoms with Crippen LogP contribution in [0.4, 0.5) is 8.78 Å². The lowest BCUT2D eigenvalue weighted by Gasteiger charge is -2.09. The second kappa shape index (κ2) is 7.94. The molecule has 0 saturated heterocycles. The summed E-state index contributed by atoms with van der Waals surface area (Å²) in [7, 11) is 0. The Morgan fingerprint density at radius 3 is 2.71 bits per heavy atom. The second-order valence-corrected chi connectivity index (χ2v) is 3.12. The first kappa shape index (κ1) is 13.6. The Labute approximate surface area is 86.8 Å². The molecule has 0 aromatic rings. The molecule has 0 aromatic carbocycles. The van der Waals surface area contributed by atoms with Gasteiger partial charge in [-0.25, -0.2) is 8.78 Å². The lowest BCUT2D eigenvalue weighted by atomic mass is 10.2. The zero-order valence-corrected chi connectivity index (χ0v) is 8.69. The minimum absolute atomic E-state index is 0.0884. The van der Waals surface area contributed by atoms with Crippen molar-refractivity contribution in [3.63, 3.8) is 0 Å². The first-order valence-electron chi connectivity index (χ1n) is 4.27. The van der Waals surface area contributed by atoms with Crippen LogP contribution in [0.2, 0.25) is 0 Å². The Morgan fingerprint density at radius 1 is 1.57 bits per heavy atom. The Bertz CT molecular complexity index is 169. The number of hydrogen-bond acceptors (Lipinski definition) is 2. The van der Waals surface area contributed by atoms with Gasteiger partial charge in [-0.1, -0.05) is 6.92 Å². The molecule has 0 saturated carbocycles. The van der Waals surface area contributed by atoms with E-state index in [1.54, 1.807) is 6.92 Å². The Kier molecular flexibility index (Phi) is 7.70. The van der Waals surface area contributed by atoms with Crippen LogP contribution in [-0.4, -0.2) is 38.0 Å². The third-order valence-electron chi connectivity index (χ3n) is 1.47. The average molecular weight is 230 g/mol. The highest BCUT2D eigenvalue weighted by Gasteiger charge is 2.10.